The first-order valence-electron chi connectivity index (χ1n) is 10.5. The number of nitrogens with one attached hydrogen (secondary N) is 1. The quantitative estimate of drug-likeness (QED) is 0.438. The summed E-state index contributed by atoms with van der Waals surface area (Å²) in [4.78, 5) is 31.4. The summed E-state index contributed by atoms with van der Waals surface area (Å²) < 4.78 is 3.00. The molecule has 1 amide bonds. The van der Waals surface area contributed by atoms with Crippen molar-refractivity contribution in [3.05, 3.63) is 75.0 Å². The van der Waals surface area contributed by atoms with E-state index in [-0.39, 0.29) is 23.4 Å². The molecule has 0 saturated heterocycles. The Morgan fingerprint density at radius 1 is 1.21 bits per heavy atom. The van der Waals surface area contributed by atoms with E-state index in [2.05, 4.69) is 30.3 Å². The topological polar surface area (TPSA) is 81.3 Å². The van der Waals surface area contributed by atoms with Crippen molar-refractivity contribution in [3.8, 4) is 11.3 Å². The van der Waals surface area contributed by atoms with Gasteiger partial charge in [-0.3, -0.25) is 9.59 Å². The van der Waals surface area contributed by atoms with E-state index >= 15 is 0 Å². The van der Waals surface area contributed by atoms with Crippen LogP contribution >= 0.6 is 23.4 Å². The molecular weight excluding hydrogens is 458 g/mol. The lowest BCUT2D eigenvalue weighted by atomic mass is 9.72. The molecule has 1 aliphatic rings. The largest absolute Gasteiger partial charge is 0.324 e. The van der Waals surface area contributed by atoms with Gasteiger partial charge in [-0.05, 0) is 36.4 Å². The van der Waals surface area contributed by atoms with Gasteiger partial charge < -0.3 is 5.32 Å². The number of thioether (sulfide) groups is 1. The number of halogens is 1. The number of nitrogens with zero attached hydrogens (tertiary/aromatic N) is 4. The number of carbonyl (C=O) groups excluding carboxylic acids is 1. The normalized spacial score (nSPS) is 14.1. The molecule has 0 bridgehead atoms. The maximum atomic E-state index is 13.7. The Balaban J connectivity index is 1.64. The van der Waals surface area contributed by atoms with E-state index in [1.54, 1.807) is 24.3 Å². The zero-order chi connectivity index (χ0) is 23.3. The average Bonchev–Trinajstić information content (AvgIpc) is 3.11. The van der Waals surface area contributed by atoms with E-state index in [1.807, 2.05) is 24.5 Å². The molecule has 9 heteroatoms. The summed E-state index contributed by atoms with van der Waals surface area (Å²) >= 11 is 7.36. The summed E-state index contributed by atoms with van der Waals surface area (Å²) in [7, 11) is 0. The molecule has 5 rings (SSSR count). The van der Waals surface area contributed by atoms with Crippen molar-refractivity contribution in [3.63, 3.8) is 0 Å². The number of anilines is 1. The van der Waals surface area contributed by atoms with Crippen molar-refractivity contribution in [1.29, 1.82) is 0 Å². The van der Waals surface area contributed by atoms with Gasteiger partial charge in [0.2, 0.25) is 11.7 Å². The second-order valence-electron chi connectivity index (χ2n) is 8.70. The number of carbonyl (C=O) groups is 1. The second kappa shape index (κ2) is 8.04. The molecule has 1 aliphatic carbocycles. The molecule has 1 N–H and O–H groups in total. The summed E-state index contributed by atoms with van der Waals surface area (Å²) in [6.45, 7) is 4.05. The molecule has 0 atom stereocenters. The molecule has 0 aliphatic heterocycles. The van der Waals surface area contributed by atoms with Gasteiger partial charge in [-0.2, -0.15) is 0 Å². The van der Waals surface area contributed by atoms with E-state index in [9.17, 15) is 9.59 Å². The number of amides is 1. The predicted molar refractivity (Wildman–Crippen MR) is 131 cm³/mol. The van der Waals surface area contributed by atoms with Crippen LogP contribution in [0.1, 0.15) is 25.0 Å². The average molecular weight is 480 g/mol. The fourth-order valence-electron chi connectivity index (χ4n) is 4.46. The Hall–Kier alpha value is -3.10. The van der Waals surface area contributed by atoms with E-state index in [1.165, 1.54) is 20.8 Å². The Bertz CT molecular complexity index is 1470. The van der Waals surface area contributed by atoms with Crippen molar-refractivity contribution in [2.75, 3.05) is 11.6 Å². The maximum Gasteiger partial charge on any atom is 0.265 e. The Kier molecular flexibility index (Phi) is 5.29. The van der Waals surface area contributed by atoms with Gasteiger partial charge in [0, 0.05) is 21.7 Å². The highest BCUT2D eigenvalue weighted by atomic mass is 35.5. The summed E-state index contributed by atoms with van der Waals surface area (Å²) in [5.74, 6) is 0.0551. The Labute approximate surface area is 199 Å². The number of aromatic nitrogens is 4. The van der Waals surface area contributed by atoms with Gasteiger partial charge in [0.25, 0.3) is 5.56 Å². The molecule has 2 aromatic carbocycles. The molecule has 168 valence electrons. The SMILES string of the molecule is CSc1nn(CC(=O)Nc2cccc(Cl)c2)c2nc3c(c(=O)n12)C(C)(C)Cc1ccccc1-3. The third-order valence-corrected chi connectivity index (χ3v) is 6.72. The van der Waals surface area contributed by atoms with Crippen LogP contribution in [0.3, 0.4) is 0 Å². The molecule has 33 heavy (non-hydrogen) atoms. The van der Waals surface area contributed by atoms with Gasteiger partial charge in [-0.15, -0.1) is 5.10 Å². The minimum Gasteiger partial charge on any atom is -0.324 e. The lowest BCUT2D eigenvalue weighted by Crippen LogP contribution is -2.36. The fraction of sp³-hybridized carbons (Fsp3) is 0.250. The maximum absolute atomic E-state index is 13.7. The van der Waals surface area contributed by atoms with Crippen LogP contribution in [0.2, 0.25) is 5.02 Å². The van der Waals surface area contributed by atoms with Crippen LogP contribution in [-0.4, -0.2) is 31.3 Å². The molecule has 0 radical (unpaired) electrons. The van der Waals surface area contributed by atoms with Crippen LogP contribution in [0, 0.1) is 0 Å². The zero-order valence-corrected chi connectivity index (χ0v) is 20.0. The zero-order valence-electron chi connectivity index (χ0n) is 18.4. The van der Waals surface area contributed by atoms with Gasteiger partial charge in [0.1, 0.15) is 6.54 Å². The monoisotopic (exact) mass is 479 g/mol. The third-order valence-electron chi connectivity index (χ3n) is 5.86. The predicted octanol–water partition coefficient (Wildman–Crippen LogP) is 4.41. The fourth-order valence-corrected chi connectivity index (χ4v) is 5.18. The van der Waals surface area contributed by atoms with Crippen LogP contribution in [0.5, 0.6) is 0 Å². The molecule has 0 spiro atoms. The lowest BCUT2D eigenvalue weighted by Gasteiger charge is -2.32. The van der Waals surface area contributed by atoms with Gasteiger partial charge in [0.15, 0.2) is 5.16 Å². The van der Waals surface area contributed by atoms with Crippen molar-refractivity contribution < 1.29 is 4.79 Å². The minimum absolute atomic E-state index is 0.0904. The second-order valence-corrected chi connectivity index (χ2v) is 9.91. The number of fused-ring (bicyclic) bond motifs is 4. The van der Waals surface area contributed by atoms with Crippen molar-refractivity contribution >= 4 is 40.7 Å². The highest BCUT2D eigenvalue weighted by molar-refractivity contribution is 7.98. The molecule has 4 aromatic rings. The van der Waals surface area contributed by atoms with Gasteiger partial charge in [-0.25, -0.2) is 14.1 Å². The highest BCUT2D eigenvalue weighted by Crippen LogP contribution is 2.40. The van der Waals surface area contributed by atoms with E-state index in [0.29, 0.717) is 32.9 Å². The highest BCUT2D eigenvalue weighted by Gasteiger charge is 2.36. The van der Waals surface area contributed by atoms with Crippen LogP contribution in [0.25, 0.3) is 17.0 Å². The van der Waals surface area contributed by atoms with E-state index in [4.69, 9.17) is 16.6 Å². The summed E-state index contributed by atoms with van der Waals surface area (Å²) in [6.07, 6.45) is 2.61. The Morgan fingerprint density at radius 2 is 2.00 bits per heavy atom. The smallest absolute Gasteiger partial charge is 0.265 e. The van der Waals surface area contributed by atoms with Crippen molar-refractivity contribution in [2.45, 2.75) is 37.4 Å². The van der Waals surface area contributed by atoms with Gasteiger partial charge >= 0.3 is 0 Å². The Morgan fingerprint density at radius 3 is 2.76 bits per heavy atom. The third kappa shape index (κ3) is 3.73. The molecule has 0 fully saturated rings. The number of rotatable bonds is 4. The number of hydrogen-bond donors (Lipinski definition) is 1. The summed E-state index contributed by atoms with van der Waals surface area (Å²) in [5.41, 5.74) is 3.52. The summed E-state index contributed by atoms with van der Waals surface area (Å²) in [6, 6.07) is 15.0. The molecule has 2 aromatic heterocycles. The van der Waals surface area contributed by atoms with Crippen LogP contribution in [-0.2, 0) is 23.2 Å². The van der Waals surface area contributed by atoms with Crippen LogP contribution in [0.15, 0.2) is 58.5 Å². The number of hydrogen-bond acceptors (Lipinski definition) is 5. The molecule has 7 nitrogen and oxygen atoms in total. The van der Waals surface area contributed by atoms with Crippen molar-refractivity contribution in [1.82, 2.24) is 19.2 Å². The van der Waals surface area contributed by atoms with E-state index in [0.717, 1.165) is 17.5 Å². The molecular formula is C24H22ClN5O2S. The first-order chi connectivity index (χ1) is 15.8. The van der Waals surface area contributed by atoms with Crippen molar-refractivity contribution in [2.24, 2.45) is 0 Å². The number of benzene rings is 2. The minimum atomic E-state index is -0.378. The van der Waals surface area contributed by atoms with Gasteiger partial charge in [-0.1, -0.05) is 67.5 Å². The van der Waals surface area contributed by atoms with E-state index < -0.39 is 0 Å². The van der Waals surface area contributed by atoms with Crippen LogP contribution < -0.4 is 10.9 Å². The first-order valence-corrected chi connectivity index (χ1v) is 12.1. The first kappa shape index (κ1) is 21.7. The molecule has 0 saturated carbocycles. The summed E-state index contributed by atoms with van der Waals surface area (Å²) in [5, 5.41) is 8.39. The molecule has 0 unspecified atom stereocenters. The molecule has 2 heterocycles. The van der Waals surface area contributed by atoms with Gasteiger partial charge in [0.05, 0.1) is 11.3 Å². The standard InChI is InChI=1S/C24H22ClN5O2S/c1-24(2)12-14-7-4-5-10-17(14)20-19(24)21(32)30-22(27-20)29(28-23(30)33-3)13-18(31)26-16-9-6-8-15(25)11-16/h4-11H,12-13H2,1-3H3,(H,26,31). The van der Waals surface area contributed by atoms with Crippen LogP contribution in [0.4, 0.5) is 5.69 Å². The lowest BCUT2D eigenvalue weighted by molar-refractivity contribution is -0.116.